The summed E-state index contributed by atoms with van der Waals surface area (Å²) in [6, 6.07) is 7.09. The number of hydrogen-bond donors (Lipinski definition) is 0. The smallest absolute Gasteiger partial charge is 0.319 e. The Morgan fingerprint density at radius 3 is 2.84 bits per heavy atom. The minimum atomic E-state index is -0.584. The van der Waals surface area contributed by atoms with Gasteiger partial charge < -0.3 is 13.9 Å². The average molecular weight is 261 g/mol. The summed E-state index contributed by atoms with van der Waals surface area (Å²) in [5.41, 5.74) is 0. The highest BCUT2D eigenvalue weighted by Crippen LogP contribution is 2.21. The van der Waals surface area contributed by atoms with Crippen molar-refractivity contribution in [1.29, 1.82) is 0 Å². The zero-order valence-electron chi connectivity index (χ0n) is 10.8. The van der Waals surface area contributed by atoms with E-state index < -0.39 is 11.9 Å². The van der Waals surface area contributed by atoms with Crippen LogP contribution in [0.25, 0.3) is 0 Å². The number of hydrogen-bond acceptors (Lipinski definition) is 5. The van der Waals surface area contributed by atoms with Gasteiger partial charge in [0.2, 0.25) is 0 Å². The number of carbonyl (C=O) groups is 1. The molecule has 2 rings (SSSR count). The molecule has 100 valence electrons. The highest BCUT2D eigenvalue weighted by atomic mass is 16.5. The van der Waals surface area contributed by atoms with Crippen LogP contribution in [-0.4, -0.2) is 24.7 Å². The molecular weight excluding hydrogens is 246 g/mol. The van der Waals surface area contributed by atoms with Crippen LogP contribution < -0.4 is 4.74 Å². The second-order valence-electron chi connectivity index (χ2n) is 4.02. The maximum atomic E-state index is 11.8. The van der Waals surface area contributed by atoms with Crippen LogP contribution in [0.2, 0.25) is 0 Å². The quantitative estimate of drug-likeness (QED) is 0.773. The van der Waals surface area contributed by atoms with Crippen molar-refractivity contribution >= 4 is 5.97 Å². The van der Waals surface area contributed by atoms with E-state index in [-0.39, 0.29) is 6.61 Å². The van der Waals surface area contributed by atoms with Crippen molar-refractivity contribution < 1.29 is 18.7 Å². The van der Waals surface area contributed by atoms with Gasteiger partial charge in [-0.3, -0.25) is 9.78 Å². The number of carbonyl (C=O) groups excluding carboxylic acids is 1. The first-order valence-corrected chi connectivity index (χ1v) is 5.87. The summed E-state index contributed by atoms with van der Waals surface area (Å²) in [6.45, 7) is 1.96. The summed E-state index contributed by atoms with van der Waals surface area (Å²) in [5.74, 6) is 0.898. The predicted molar refractivity (Wildman–Crippen MR) is 67.9 cm³/mol. The second-order valence-corrected chi connectivity index (χ2v) is 4.02. The number of aryl methyl sites for hydroxylation is 1. The number of rotatable bonds is 5. The predicted octanol–water partition coefficient (Wildman–Crippen LogP) is 2.32. The first-order valence-electron chi connectivity index (χ1n) is 5.87. The van der Waals surface area contributed by atoms with Crippen LogP contribution in [0, 0.1) is 6.92 Å². The lowest BCUT2D eigenvalue weighted by molar-refractivity contribution is -0.143. The van der Waals surface area contributed by atoms with Crippen LogP contribution in [0.3, 0.4) is 0 Å². The molecule has 2 heterocycles. The SMILES string of the molecule is COC(=O)C(COc1cccnc1)c1ccc(C)o1. The number of pyridine rings is 1. The van der Waals surface area contributed by atoms with Crippen LogP contribution in [0.15, 0.2) is 41.1 Å². The highest BCUT2D eigenvalue weighted by molar-refractivity contribution is 5.77. The molecule has 0 aliphatic rings. The molecule has 0 saturated heterocycles. The Balaban J connectivity index is 2.09. The fourth-order valence-electron chi connectivity index (χ4n) is 1.66. The normalized spacial score (nSPS) is 11.9. The maximum absolute atomic E-state index is 11.8. The van der Waals surface area contributed by atoms with Gasteiger partial charge in [-0.2, -0.15) is 0 Å². The molecule has 0 saturated carbocycles. The van der Waals surface area contributed by atoms with Crippen LogP contribution in [0.4, 0.5) is 0 Å². The fraction of sp³-hybridized carbons (Fsp3) is 0.286. The molecule has 2 aromatic rings. The van der Waals surface area contributed by atoms with Gasteiger partial charge in [0.15, 0.2) is 0 Å². The molecule has 0 fully saturated rings. The largest absolute Gasteiger partial charge is 0.491 e. The molecule has 0 spiro atoms. The average Bonchev–Trinajstić information content (AvgIpc) is 2.86. The third-order valence-electron chi connectivity index (χ3n) is 2.64. The van der Waals surface area contributed by atoms with E-state index in [9.17, 15) is 4.79 Å². The Hall–Kier alpha value is -2.30. The molecule has 0 radical (unpaired) electrons. The highest BCUT2D eigenvalue weighted by Gasteiger charge is 2.25. The van der Waals surface area contributed by atoms with Crippen molar-refractivity contribution in [2.45, 2.75) is 12.8 Å². The molecule has 0 aliphatic heterocycles. The van der Waals surface area contributed by atoms with Crippen molar-refractivity contribution in [3.05, 3.63) is 48.2 Å². The molecule has 0 aromatic carbocycles. The molecule has 5 nitrogen and oxygen atoms in total. The van der Waals surface area contributed by atoms with Crippen LogP contribution in [0.1, 0.15) is 17.4 Å². The molecule has 0 N–H and O–H groups in total. The molecule has 5 heteroatoms. The Bertz CT molecular complexity index is 535. The fourth-order valence-corrected chi connectivity index (χ4v) is 1.66. The topological polar surface area (TPSA) is 61.6 Å². The third-order valence-corrected chi connectivity index (χ3v) is 2.64. The van der Waals surface area contributed by atoms with Crippen molar-refractivity contribution in [3.8, 4) is 5.75 Å². The zero-order chi connectivity index (χ0) is 13.7. The van der Waals surface area contributed by atoms with Gasteiger partial charge in [-0.05, 0) is 31.2 Å². The number of nitrogens with zero attached hydrogens (tertiary/aromatic N) is 1. The molecule has 0 bridgehead atoms. The second kappa shape index (κ2) is 6.04. The summed E-state index contributed by atoms with van der Waals surface area (Å²) in [6.07, 6.45) is 3.24. The molecule has 1 unspecified atom stereocenters. The minimum absolute atomic E-state index is 0.144. The van der Waals surface area contributed by atoms with Gasteiger partial charge in [-0.25, -0.2) is 0 Å². The summed E-state index contributed by atoms with van der Waals surface area (Å²) in [4.78, 5) is 15.7. The monoisotopic (exact) mass is 261 g/mol. The van der Waals surface area contributed by atoms with E-state index in [1.807, 2.05) is 6.92 Å². The number of esters is 1. The van der Waals surface area contributed by atoms with Crippen molar-refractivity contribution in [2.24, 2.45) is 0 Å². The molecule has 1 atom stereocenters. The van der Waals surface area contributed by atoms with Crippen molar-refractivity contribution in [3.63, 3.8) is 0 Å². The lowest BCUT2D eigenvalue weighted by atomic mass is 10.1. The summed E-state index contributed by atoms with van der Waals surface area (Å²) in [5, 5.41) is 0. The number of ether oxygens (including phenoxy) is 2. The first-order chi connectivity index (χ1) is 9.20. The first kappa shape index (κ1) is 13.1. The number of furan rings is 1. The molecule has 0 amide bonds. The molecule has 2 aromatic heterocycles. The lowest BCUT2D eigenvalue weighted by Gasteiger charge is -2.13. The van der Waals surface area contributed by atoms with E-state index in [0.717, 1.165) is 5.76 Å². The van der Waals surface area contributed by atoms with Crippen molar-refractivity contribution in [2.75, 3.05) is 13.7 Å². The summed E-state index contributed by atoms with van der Waals surface area (Å²) < 4.78 is 15.8. The van der Waals surface area contributed by atoms with Gasteiger partial charge in [0.1, 0.15) is 29.8 Å². The van der Waals surface area contributed by atoms with E-state index in [2.05, 4.69) is 4.98 Å². The van der Waals surface area contributed by atoms with E-state index in [1.54, 1.807) is 36.7 Å². The molecule has 0 aliphatic carbocycles. The number of aromatic nitrogens is 1. The van der Waals surface area contributed by atoms with E-state index in [4.69, 9.17) is 13.9 Å². The van der Waals surface area contributed by atoms with Gasteiger partial charge in [0.05, 0.1) is 13.3 Å². The number of methoxy groups -OCH3 is 1. The van der Waals surface area contributed by atoms with Crippen molar-refractivity contribution in [1.82, 2.24) is 4.98 Å². The van der Waals surface area contributed by atoms with E-state index in [0.29, 0.717) is 11.5 Å². The molecular formula is C14H15NO4. The zero-order valence-corrected chi connectivity index (χ0v) is 10.8. The Morgan fingerprint density at radius 1 is 1.42 bits per heavy atom. The molecule has 19 heavy (non-hydrogen) atoms. The Kier molecular flexibility index (Phi) is 4.18. The van der Waals surface area contributed by atoms with E-state index >= 15 is 0 Å². The van der Waals surface area contributed by atoms with Crippen LogP contribution in [0.5, 0.6) is 5.75 Å². The standard InChI is InChI=1S/C14H15NO4/c1-10-5-6-13(19-10)12(14(16)17-2)9-18-11-4-3-7-15-8-11/h3-8,12H,9H2,1-2H3. The maximum Gasteiger partial charge on any atom is 0.319 e. The lowest BCUT2D eigenvalue weighted by Crippen LogP contribution is -2.20. The van der Waals surface area contributed by atoms with Crippen LogP contribution >= 0.6 is 0 Å². The van der Waals surface area contributed by atoms with Gasteiger partial charge >= 0.3 is 5.97 Å². The van der Waals surface area contributed by atoms with E-state index in [1.165, 1.54) is 7.11 Å². The summed E-state index contributed by atoms with van der Waals surface area (Å²) >= 11 is 0. The van der Waals surface area contributed by atoms with Gasteiger partial charge in [0, 0.05) is 6.20 Å². The Labute approximate surface area is 111 Å². The third kappa shape index (κ3) is 3.34. The van der Waals surface area contributed by atoms with Gasteiger partial charge in [-0.1, -0.05) is 0 Å². The van der Waals surface area contributed by atoms with Gasteiger partial charge in [0.25, 0.3) is 0 Å². The summed E-state index contributed by atoms with van der Waals surface area (Å²) in [7, 11) is 1.34. The Morgan fingerprint density at radius 2 is 2.26 bits per heavy atom. The minimum Gasteiger partial charge on any atom is -0.491 e. The van der Waals surface area contributed by atoms with Crippen LogP contribution in [-0.2, 0) is 9.53 Å². The van der Waals surface area contributed by atoms with Gasteiger partial charge in [-0.15, -0.1) is 0 Å².